The van der Waals surface area contributed by atoms with Crippen molar-refractivity contribution in [2.75, 3.05) is 4.90 Å². The molecule has 1 aromatic carbocycles. The first-order valence-electron chi connectivity index (χ1n) is 4.63. The van der Waals surface area contributed by atoms with Crippen molar-refractivity contribution >= 4 is 33.6 Å². The quantitative estimate of drug-likeness (QED) is 0.521. The number of rotatable bonds is 2. The zero-order valence-electron chi connectivity index (χ0n) is 8.78. The minimum atomic E-state index is -3.96. The normalized spacial score (nSPS) is 16.1. The highest BCUT2D eigenvalue weighted by Gasteiger charge is 2.38. The first-order valence-corrected chi connectivity index (χ1v) is 6.17. The van der Waals surface area contributed by atoms with Crippen LogP contribution < -0.4 is 15.4 Å². The van der Waals surface area contributed by atoms with Crippen LogP contribution in [0.3, 0.4) is 0 Å². The summed E-state index contributed by atoms with van der Waals surface area (Å²) < 4.78 is 22.3. The molecule has 0 saturated carbocycles. The van der Waals surface area contributed by atoms with Crippen LogP contribution in [0, 0.1) is 0 Å². The fraction of sp³-hybridized carbons (Fsp3) is 0. The lowest BCUT2D eigenvalue weighted by molar-refractivity contribution is -0.134. The van der Waals surface area contributed by atoms with E-state index < -0.39 is 27.9 Å². The van der Waals surface area contributed by atoms with E-state index in [0.29, 0.717) is 4.90 Å². The summed E-state index contributed by atoms with van der Waals surface area (Å²) in [6, 6.07) is 3.92. The second kappa shape index (κ2) is 3.89. The maximum Gasteiger partial charge on any atom is 0.336 e. The number of nitrogens with one attached hydrogen (secondary N) is 1. The molecule has 1 aromatic rings. The Morgan fingerprint density at radius 3 is 2.33 bits per heavy atom. The van der Waals surface area contributed by atoms with Gasteiger partial charge in [-0.3, -0.25) is 14.9 Å². The van der Waals surface area contributed by atoms with Gasteiger partial charge in [-0.2, -0.15) is 0 Å². The number of imide groups is 2. The Balaban J connectivity index is 2.50. The fourth-order valence-electron chi connectivity index (χ4n) is 1.43. The second-order valence-electron chi connectivity index (χ2n) is 3.44. The van der Waals surface area contributed by atoms with Crippen molar-refractivity contribution in [3.63, 3.8) is 0 Å². The van der Waals surface area contributed by atoms with Crippen molar-refractivity contribution in [3.05, 3.63) is 24.3 Å². The minimum Gasteiger partial charge on any atom is -0.269 e. The van der Waals surface area contributed by atoms with Gasteiger partial charge in [-0.25, -0.2) is 23.3 Å². The van der Waals surface area contributed by atoms with E-state index in [2.05, 4.69) is 0 Å². The van der Waals surface area contributed by atoms with Gasteiger partial charge in [-0.05, 0) is 18.2 Å². The summed E-state index contributed by atoms with van der Waals surface area (Å²) in [5.41, 5.74) is -0.0464. The molecule has 4 amide bonds. The Hall–Kier alpha value is -2.26. The van der Waals surface area contributed by atoms with Gasteiger partial charge in [0.25, 0.3) is 0 Å². The number of anilines is 1. The second-order valence-corrected chi connectivity index (χ2v) is 5.00. The average molecular weight is 269 g/mol. The summed E-state index contributed by atoms with van der Waals surface area (Å²) in [7, 11) is -3.96. The monoisotopic (exact) mass is 269 g/mol. The van der Waals surface area contributed by atoms with Crippen LogP contribution in [0.25, 0.3) is 0 Å². The molecule has 1 aliphatic heterocycles. The standard InChI is InChI=1S/C9H7N3O5S/c10-18(16,17)6-3-1-2-5(4-6)12-8(14)7(13)11-9(12)15/h1-4H,(H2,10,16,17)(H,11,13,15). The Morgan fingerprint density at radius 2 is 1.83 bits per heavy atom. The molecule has 94 valence electrons. The predicted octanol–water partition coefficient (Wildman–Crippen LogP) is -1.08. The topological polar surface area (TPSA) is 127 Å². The van der Waals surface area contributed by atoms with Crippen molar-refractivity contribution in [1.29, 1.82) is 0 Å². The summed E-state index contributed by atoms with van der Waals surface area (Å²) in [6.07, 6.45) is 0. The highest BCUT2D eigenvalue weighted by atomic mass is 32.2. The lowest BCUT2D eigenvalue weighted by Crippen LogP contribution is -2.31. The van der Waals surface area contributed by atoms with E-state index in [1.807, 2.05) is 0 Å². The first-order chi connectivity index (χ1) is 8.30. The van der Waals surface area contributed by atoms with Gasteiger partial charge in [0, 0.05) is 0 Å². The van der Waals surface area contributed by atoms with Crippen molar-refractivity contribution in [1.82, 2.24) is 5.32 Å². The van der Waals surface area contributed by atoms with Gasteiger partial charge in [-0.15, -0.1) is 0 Å². The number of hydrogen-bond donors (Lipinski definition) is 2. The summed E-state index contributed by atoms with van der Waals surface area (Å²) >= 11 is 0. The summed E-state index contributed by atoms with van der Waals surface area (Å²) in [6.45, 7) is 0. The number of carbonyl (C=O) groups is 3. The molecule has 2 rings (SSSR count). The molecule has 0 unspecified atom stereocenters. The number of benzene rings is 1. The third-order valence-corrected chi connectivity index (χ3v) is 3.14. The lowest BCUT2D eigenvalue weighted by atomic mass is 10.3. The van der Waals surface area contributed by atoms with E-state index in [1.54, 1.807) is 5.32 Å². The molecule has 1 fully saturated rings. The number of primary sulfonamides is 1. The van der Waals surface area contributed by atoms with Crippen LogP contribution in [0.5, 0.6) is 0 Å². The van der Waals surface area contributed by atoms with Gasteiger partial charge < -0.3 is 0 Å². The molecule has 0 aromatic heterocycles. The Morgan fingerprint density at radius 1 is 1.17 bits per heavy atom. The number of sulfonamides is 1. The molecule has 0 radical (unpaired) electrons. The van der Waals surface area contributed by atoms with Crippen molar-refractivity contribution in [2.45, 2.75) is 4.90 Å². The van der Waals surface area contributed by atoms with Gasteiger partial charge in [0.05, 0.1) is 10.6 Å². The molecule has 0 aliphatic carbocycles. The smallest absolute Gasteiger partial charge is 0.269 e. The Bertz CT molecular complexity index is 667. The summed E-state index contributed by atoms with van der Waals surface area (Å²) in [5, 5.41) is 6.71. The molecule has 8 nitrogen and oxygen atoms in total. The van der Waals surface area contributed by atoms with Crippen LogP contribution in [0.2, 0.25) is 0 Å². The van der Waals surface area contributed by atoms with Crippen LogP contribution >= 0.6 is 0 Å². The average Bonchev–Trinajstić information content (AvgIpc) is 2.52. The SMILES string of the molecule is NS(=O)(=O)c1cccc(N2C(=O)NC(=O)C2=O)c1. The zero-order chi connectivity index (χ0) is 13.5. The zero-order valence-corrected chi connectivity index (χ0v) is 9.60. The molecular weight excluding hydrogens is 262 g/mol. The molecule has 0 atom stereocenters. The number of hydrogen-bond acceptors (Lipinski definition) is 5. The molecule has 1 saturated heterocycles. The number of nitrogens with zero attached hydrogens (tertiary/aromatic N) is 1. The summed E-state index contributed by atoms with van der Waals surface area (Å²) in [4.78, 5) is 34.0. The van der Waals surface area contributed by atoms with Gasteiger partial charge in [0.2, 0.25) is 10.0 Å². The third-order valence-electron chi connectivity index (χ3n) is 2.23. The van der Waals surface area contributed by atoms with Crippen LogP contribution in [0.1, 0.15) is 0 Å². The van der Waals surface area contributed by atoms with Crippen molar-refractivity contribution in [2.24, 2.45) is 5.14 Å². The predicted molar refractivity (Wildman–Crippen MR) is 58.8 cm³/mol. The summed E-state index contributed by atoms with van der Waals surface area (Å²) in [5.74, 6) is -2.15. The van der Waals surface area contributed by atoms with E-state index in [0.717, 1.165) is 6.07 Å². The van der Waals surface area contributed by atoms with Gasteiger partial charge >= 0.3 is 17.8 Å². The Kier molecular flexibility index (Phi) is 2.64. The highest BCUT2D eigenvalue weighted by Crippen LogP contribution is 2.20. The van der Waals surface area contributed by atoms with Gasteiger partial charge in [0.15, 0.2) is 0 Å². The highest BCUT2D eigenvalue weighted by molar-refractivity contribution is 7.89. The number of nitrogens with two attached hydrogens (primary N) is 1. The molecule has 3 N–H and O–H groups in total. The molecule has 1 aliphatic rings. The van der Waals surface area contributed by atoms with Gasteiger partial charge in [0.1, 0.15) is 0 Å². The lowest BCUT2D eigenvalue weighted by Gasteiger charge is -2.11. The van der Waals surface area contributed by atoms with Crippen molar-refractivity contribution in [3.8, 4) is 0 Å². The molecular formula is C9H7N3O5S. The molecule has 0 spiro atoms. The van der Waals surface area contributed by atoms with Crippen LogP contribution in [0.15, 0.2) is 29.2 Å². The van der Waals surface area contributed by atoms with Crippen LogP contribution in [-0.2, 0) is 19.6 Å². The molecule has 0 bridgehead atoms. The largest absolute Gasteiger partial charge is 0.336 e. The van der Waals surface area contributed by atoms with Crippen LogP contribution in [0.4, 0.5) is 10.5 Å². The number of urea groups is 1. The van der Waals surface area contributed by atoms with E-state index in [1.165, 1.54) is 18.2 Å². The third kappa shape index (κ3) is 1.96. The first kappa shape index (κ1) is 12.2. The van der Waals surface area contributed by atoms with E-state index >= 15 is 0 Å². The fourth-order valence-corrected chi connectivity index (χ4v) is 1.99. The number of carbonyl (C=O) groups excluding carboxylic acids is 3. The van der Waals surface area contributed by atoms with E-state index in [4.69, 9.17) is 5.14 Å². The molecule has 1 heterocycles. The van der Waals surface area contributed by atoms with Crippen LogP contribution in [-0.4, -0.2) is 26.3 Å². The van der Waals surface area contributed by atoms with E-state index in [9.17, 15) is 22.8 Å². The maximum absolute atomic E-state index is 11.4. The molecule has 9 heteroatoms. The van der Waals surface area contributed by atoms with Gasteiger partial charge in [-0.1, -0.05) is 6.07 Å². The van der Waals surface area contributed by atoms with E-state index in [-0.39, 0.29) is 10.6 Å². The number of amides is 4. The molecule has 18 heavy (non-hydrogen) atoms. The minimum absolute atomic E-state index is 0.0464. The maximum atomic E-state index is 11.4. The van der Waals surface area contributed by atoms with Crippen molar-refractivity contribution < 1.29 is 22.8 Å². The Labute approximate surface area is 101 Å².